The van der Waals surface area contributed by atoms with Gasteiger partial charge in [0.1, 0.15) is 11.9 Å². The van der Waals surface area contributed by atoms with Crippen molar-refractivity contribution in [1.29, 1.82) is 0 Å². The van der Waals surface area contributed by atoms with Crippen molar-refractivity contribution in [3.8, 4) is 5.75 Å². The molecule has 0 saturated heterocycles. The molecule has 0 aromatic heterocycles. The monoisotopic (exact) mass is 225 g/mol. The number of phenols is 1. The molecule has 0 bridgehead atoms. The number of amides is 1. The van der Waals surface area contributed by atoms with Crippen molar-refractivity contribution in [2.24, 2.45) is 5.73 Å². The summed E-state index contributed by atoms with van der Waals surface area (Å²) >= 11 is 0. The van der Waals surface area contributed by atoms with Crippen molar-refractivity contribution >= 4 is 12.2 Å². The average molecular weight is 225 g/mol. The van der Waals surface area contributed by atoms with Crippen LogP contribution in [-0.2, 0) is 4.79 Å². The number of aromatic hydroxyl groups is 1. The van der Waals surface area contributed by atoms with Crippen molar-refractivity contribution in [3.05, 3.63) is 29.3 Å². The molecule has 6 nitrogen and oxygen atoms in total. The fraction of sp³-hybridized carbons (Fsp3) is 0.200. The van der Waals surface area contributed by atoms with Gasteiger partial charge >= 0.3 is 0 Å². The first-order valence-corrected chi connectivity index (χ1v) is 4.41. The zero-order chi connectivity index (χ0) is 12.3. The van der Waals surface area contributed by atoms with Gasteiger partial charge in [-0.05, 0) is 6.07 Å². The van der Waals surface area contributed by atoms with E-state index < -0.39 is 23.9 Å². The first-order valence-electron chi connectivity index (χ1n) is 4.41. The summed E-state index contributed by atoms with van der Waals surface area (Å²) in [5, 5.41) is 28.3. The summed E-state index contributed by atoms with van der Waals surface area (Å²) in [6, 6.07) is 3.95. The number of aliphatic hydroxyl groups excluding tert-OH is 2. The highest BCUT2D eigenvalue weighted by Crippen LogP contribution is 2.28. The Hall–Kier alpha value is -1.92. The maximum absolute atomic E-state index is 10.7. The Morgan fingerprint density at radius 1 is 1.38 bits per heavy atom. The van der Waals surface area contributed by atoms with Crippen LogP contribution in [0, 0.1) is 0 Å². The third-order valence-corrected chi connectivity index (χ3v) is 2.13. The molecule has 0 aliphatic rings. The number of hydrogen-bond acceptors (Lipinski definition) is 5. The molecule has 1 rings (SSSR count). The van der Waals surface area contributed by atoms with Crippen molar-refractivity contribution < 1.29 is 24.9 Å². The van der Waals surface area contributed by atoms with Crippen LogP contribution in [0.25, 0.3) is 0 Å². The molecular formula is C10H11NO5. The summed E-state index contributed by atoms with van der Waals surface area (Å²) in [4.78, 5) is 21.3. The van der Waals surface area contributed by atoms with E-state index in [1.807, 2.05) is 0 Å². The molecule has 0 saturated carbocycles. The number of carbonyl (C=O) groups excluding carboxylic acids is 2. The highest BCUT2D eigenvalue weighted by molar-refractivity contribution is 5.82. The minimum atomic E-state index is -1.88. The molecule has 6 heteroatoms. The Morgan fingerprint density at radius 2 is 2.00 bits per heavy atom. The van der Waals surface area contributed by atoms with Gasteiger partial charge in [-0.1, -0.05) is 12.1 Å². The van der Waals surface area contributed by atoms with Crippen LogP contribution >= 0.6 is 0 Å². The van der Waals surface area contributed by atoms with Gasteiger partial charge in [0.2, 0.25) is 5.91 Å². The number of phenolic OH excluding ortho intramolecular Hbond substituents is 1. The molecule has 0 heterocycles. The number of nitrogens with two attached hydrogens (primary N) is 1. The molecule has 1 aromatic carbocycles. The molecule has 2 unspecified atom stereocenters. The van der Waals surface area contributed by atoms with E-state index in [1.165, 1.54) is 18.2 Å². The largest absolute Gasteiger partial charge is 0.508 e. The second-order valence-corrected chi connectivity index (χ2v) is 3.19. The normalized spacial score (nSPS) is 14.1. The summed E-state index contributed by atoms with van der Waals surface area (Å²) in [5.41, 5.74) is 4.56. The third kappa shape index (κ3) is 2.18. The fourth-order valence-electron chi connectivity index (χ4n) is 1.31. The molecule has 86 valence electrons. The van der Waals surface area contributed by atoms with Crippen molar-refractivity contribution in [1.82, 2.24) is 0 Å². The Morgan fingerprint density at radius 3 is 2.50 bits per heavy atom. The minimum absolute atomic E-state index is 0.0206. The molecule has 16 heavy (non-hydrogen) atoms. The minimum Gasteiger partial charge on any atom is -0.508 e. The van der Waals surface area contributed by atoms with Crippen LogP contribution in [0.5, 0.6) is 5.75 Å². The number of rotatable bonds is 4. The molecule has 0 spiro atoms. The number of aliphatic hydroxyl groups is 2. The lowest BCUT2D eigenvalue weighted by Crippen LogP contribution is -2.34. The highest BCUT2D eigenvalue weighted by atomic mass is 16.3. The number of carbonyl (C=O) groups is 2. The van der Waals surface area contributed by atoms with E-state index in [4.69, 9.17) is 5.73 Å². The van der Waals surface area contributed by atoms with Gasteiger partial charge in [0, 0.05) is 11.1 Å². The molecule has 0 fully saturated rings. The summed E-state index contributed by atoms with van der Waals surface area (Å²) in [6.07, 6.45) is -3.22. The van der Waals surface area contributed by atoms with Crippen molar-refractivity contribution in [2.45, 2.75) is 12.2 Å². The van der Waals surface area contributed by atoms with Gasteiger partial charge in [-0.3, -0.25) is 9.59 Å². The van der Waals surface area contributed by atoms with Crippen LogP contribution in [0.3, 0.4) is 0 Å². The number of benzene rings is 1. The smallest absolute Gasteiger partial charge is 0.249 e. The Labute approximate surface area is 90.9 Å². The molecule has 1 aromatic rings. The maximum Gasteiger partial charge on any atom is 0.249 e. The first kappa shape index (κ1) is 12.2. The zero-order valence-electron chi connectivity index (χ0n) is 8.20. The first-order chi connectivity index (χ1) is 7.49. The second-order valence-electron chi connectivity index (χ2n) is 3.19. The van der Waals surface area contributed by atoms with E-state index in [9.17, 15) is 24.9 Å². The molecule has 0 aliphatic heterocycles. The van der Waals surface area contributed by atoms with E-state index in [2.05, 4.69) is 0 Å². The number of aldehydes is 1. The molecular weight excluding hydrogens is 214 g/mol. The van der Waals surface area contributed by atoms with Crippen LogP contribution < -0.4 is 5.73 Å². The third-order valence-electron chi connectivity index (χ3n) is 2.13. The van der Waals surface area contributed by atoms with Gasteiger partial charge in [-0.25, -0.2) is 0 Å². The van der Waals surface area contributed by atoms with Gasteiger partial charge in [-0.2, -0.15) is 0 Å². The molecule has 0 radical (unpaired) electrons. The summed E-state index contributed by atoms with van der Waals surface area (Å²) in [6.45, 7) is 0. The average Bonchev–Trinajstić information content (AvgIpc) is 2.26. The van der Waals surface area contributed by atoms with Crippen LogP contribution in [0.4, 0.5) is 0 Å². The van der Waals surface area contributed by atoms with Crippen LogP contribution in [0.15, 0.2) is 18.2 Å². The Balaban J connectivity index is 3.21. The summed E-state index contributed by atoms with van der Waals surface area (Å²) in [5.74, 6) is -1.54. The van der Waals surface area contributed by atoms with Crippen LogP contribution in [0.2, 0.25) is 0 Å². The second kappa shape index (κ2) is 4.73. The van der Waals surface area contributed by atoms with Gasteiger partial charge in [0.25, 0.3) is 0 Å². The van der Waals surface area contributed by atoms with Crippen LogP contribution in [0.1, 0.15) is 22.0 Å². The van der Waals surface area contributed by atoms with E-state index in [0.29, 0.717) is 6.29 Å². The van der Waals surface area contributed by atoms with E-state index in [1.54, 1.807) is 0 Å². The maximum atomic E-state index is 10.7. The van der Waals surface area contributed by atoms with Gasteiger partial charge in [0.15, 0.2) is 12.4 Å². The zero-order valence-corrected chi connectivity index (χ0v) is 8.20. The number of primary amides is 1. The quantitative estimate of drug-likeness (QED) is 0.494. The van der Waals surface area contributed by atoms with Gasteiger partial charge in [0.05, 0.1) is 0 Å². The van der Waals surface area contributed by atoms with Crippen molar-refractivity contribution in [3.63, 3.8) is 0 Å². The molecule has 5 N–H and O–H groups in total. The van der Waals surface area contributed by atoms with Crippen molar-refractivity contribution in [2.75, 3.05) is 0 Å². The van der Waals surface area contributed by atoms with Gasteiger partial charge < -0.3 is 21.1 Å². The van der Waals surface area contributed by atoms with E-state index in [0.717, 1.165) is 0 Å². The number of hydrogen-bond donors (Lipinski definition) is 4. The fourth-order valence-corrected chi connectivity index (χ4v) is 1.31. The lowest BCUT2D eigenvalue weighted by atomic mass is 9.98. The Kier molecular flexibility index (Phi) is 3.60. The SMILES string of the molecule is NC(=O)C(O)C(O)c1c(O)cccc1C=O. The topological polar surface area (TPSA) is 121 Å². The van der Waals surface area contributed by atoms with Crippen LogP contribution in [-0.4, -0.2) is 33.6 Å². The predicted octanol–water partition coefficient (Wildman–Crippen LogP) is -0.916. The lowest BCUT2D eigenvalue weighted by Gasteiger charge is -2.17. The highest BCUT2D eigenvalue weighted by Gasteiger charge is 2.27. The molecule has 0 aliphatic carbocycles. The summed E-state index contributed by atoms with van der Waals surface area (Å²) < 4.78 is 0. The van der Waals surface area contributed by atoms with E-state index >= 15 is 0 Å². The van der Waals surface area contributed by atoms with E-state index in [-0.39, 0.29) is 11.1 Å². The molecule has 1 amide bonds. The Bertz CT molecular complexity index is 418. The standard InChI is InChI=1S/C10H11NO5/c11-10(16)9(15)8(14)7-5(4-12)2-1-3-6(7)13/h1-4,8-9,13-15H,(H2,11,16). The lowest BCUT2D eigenvalue weighted by molar-refractivity contribution is -0.132. The summed E-state index contributed by atoms with van der Waals surface area (Å²) in [7, 11) is 0. The predicted molar refractivity (Wildman–Crippen MR) is 53.7 cm³/mol. The van der Waals surface area contributed by atoms with Gasteiger partial charge in [-0.15, -0.1) is 0 Å². The molecule has 2 atom stereocenters.